The summed E-state index contributed by atoms with van der Waals surface area (Å²) in [6.45, 7) is 6.24. The highest BCUT2D eigenvalue weighted by Gasteiger charge is 2.26. The molecule has 106 valence electrons. The fraction of sp³-hybridized carbons (Fsp3) is 0.769. The van der Waals surface area contributed by atoms with Crippen molar-refractivity contribution < 1.29 is 4.79 Å². The van der Waals surface area contributed by atoms with Crippen LogP contribution in [0, 0.1) is 5.92 Å². The second kappa shape index (κ2) is 5.54. The summed E-state index contributed by atoms with van der Waals surface area (Å²) in [5.41, 5.74) is 5.94. The van der Waals surface area contributed by atoms with E-state index in [4.69, 9.17) is 5.73 Å². The molecule has 0 radical (unpaired) electrons. The summed E-state index contributed by atoms with van der Waals surface area (Å²) in [7, 11) is 0. The van der Waals surface area contributed by atoms with Crippen LogP contribution < -0.4 is 11.1 Å². The summed E-state index contributed by atoms with van der Waals surface area (Å²) < 4.78 is 0. The molecular weight excluding hydrogens is 260 g/mol. The second-order valence-electron chi connectivity index (χ2n) is 6.27. The maximum Gasteiger partial charge on any atom is 0.226 e. The minimum atomic E-state index is -0.0333. The molecular formula is C13H22N4OS. The molecule has 1 saturated carbocycles. The molecule has 0 saturated heterocycles. The van der Waals surface area contributed by atoms with Crippen LogP contribution >= 0.6 is 11.3 Å². The first-order valence-electron chi connectivity index (χ1n) is 6.75. The third-order valence-electron chi connectivity index (χ3n) is 3.48. The average Bonchev–Trinajstić information content (AvgIpc) is 2.88. The van der Waals surface area contributed by atoms with Crippen molar-refractivity contribution in [1.29, 1.82) is 0 Å². The Labute approximate surface area is 118 Å². The molecule has 1 aromatic heterocycles. The Morgan fingerprint density at radius 2 is 2.16 bits per heavy atom. The van der Waals surface area contributed by atoms with Crippen LogP contribution in [0.15, 0.2) is 0 Å². The molecule has 0 unspecified atom stereocenters. The Morgan fingerprint density at radius 3 is 2.68 bits per heavy atom. The van der Waals surface area contributed by atoms with Crippen LogP contribution in [0.25, 0.3) is 0 Å². The number of amides is 1. The van der Waals surface area contributed by atoms with E-state index in [1.165, 1.54) is 11.3 Å². The van der Waals surface area contributed by atoms with Gasteiger partial charge in [-0.25, -0.2) is 0 Å². The fourth-order valence-corrected chi connectivity index (χ4v) is 3.12. The lowest BCUT2D eigenvalue weighted by molar-refractivity contribution is -0.117. The van der Waals surface area contributed by atoms with Crippen molar-refractivity contribution in [3.63, 3.8) is 0 Å². The number of carbonyl (C=O) groups excluding carboxylic acids is 1. The Hall–Kier alpha value is -1.01. The van der Waals surface area contributed by atoms with Crippen LogP contribution in [0.1, 0.15) is 51.5 Å². The number of nitrogens with one attached hydrogen (secondary N) is 1. The van der Waals surface area contributed by atoms with Crippen LogP contribution in [0.4, 0.5) is 5.13 Å². The minimum absolute atomic E-state index is 0.000964. The first-order valence-corrected chi connectivity index (χ1v) is 7.57. The standard InChI is InChI=1S/C13H22N4OS/c1-13(2,3)11-16-17-12(19-11)15-10(18)7-8-5-4-6-9(8)14/h8-9H,4-7,14H2,1-3H3,(H,15,17,18)/t8-,9+/m0/s1. The van der Waals surface area contributed by atoms with E-state index >= 15 is 0 Å². The minimum Gasteiger partial charge on any atom is -0.327 e. The summed E-state index contributed by atoms with van der Waals surface area (Å²) >= 11 is 1.44. The molecule has 3 N–H and O–H groups in total. The van der Waals surface area contributed by atoms with Crippen LogP contribution in [-0.2, 0) is 10.2 Å². The van der Waals surface area contributed by atoms with Gasteiger partial charge in [-0.2, -0.15) is 0 Å². The maximum atomic E-state index is 11.9. The third kappa shape index (κ3) is 3.73. The summed E-state index contributed by atoms with van der Waals surface area (Å²) in [6.07, 6.45) is 3.71. The molecule has 1 heterocycles. The largest absolute Gasteiger partial charge is 0.327 e. The Morgan fingerprint density at radius 1 is 1.42 bits per heavy atom. The van der Waals surface area contributed by atoms with E-state index in [9.17, 15) is 4.79 Å². The first-order chi connectivity index (χ1) is 8.86. The zero-order chi connectivity index (χ0) is 14.0. The highest BCUT2D eigenvalue weighted by Crippen LogP contribution is 2.29. The Balaban J connectivity index is 1.90. The van der Waals surface area contributed by atoms with Gasteiger partial charge in [0.05, 0.1) is 0 Å². The van der Waals surface area contributed by atoms with Gasteiger partial charge in [0, 0.05) is 17.9 Å². The van der Waals surface area contributed by atoms with Crippen LogP contribution in [0.5, 0.6) is 0 Å². The summed E-state index contributed by atoms with van der Waals surface area (Å²) in [6, 6.07) is 0.172. The van der Waals surface area contributed by atoms with Crippen molar-refractivity contribution >= 4 is 22.4 Å². The van der Waals surface area contributed by atoms with Crippen molar-refractivity contribution in [2.75, 3.05) is 5.32 Å². The second-order valence-corrected chi connectivity index (χ2v) is 7.25. The Kier molecular flexibility index (Phi) is 4.20. The molecule has 1 aromatic rings. The number of nitrogens with zero attached hydrogens (tertiary/aromatic N) is 2. The van der Waals surface area contributed by atoms with Gasteiger partial charge in [0.1, 0.15) is 5.01 Å². The molecule has 0 aromatic carbocycles. The molecule has 19 heavy (non-hydrogen) atoms. The van der Waals surface area contributed by atoms with Gasteiger partial charge < -0.3 is 11.1 Å². The van der Waals surface area contributed by atoms with Crippen LogP contribution in [0.2, 0.25) is 0 Å². The summed E-state index contributed by atoms with van der Waals surface area (Å²) in [4.78, 5) is 11.9. The van der Waals surface area contributed by atoms with Gasteiger partial charge in [-0.15, -0.1) is 10.2 Å². The summed E-state index contributed by atoms with van der Waals surface area (Å²) in [5.74, 6) is 0.314. The Bertz CT molecular complexity index is 452. The number of anilines is 1. The van der Waals surface area contributed by atoms with E-state index in [0.29, 0.717) is 17.5 Å². The van der Waals surface area contributed by atoms with Crippen LogP contribution in [-0.4, -0.2) is 22.1 Å². The van der Waals surface area contributed by atoms with Crippen molar-refractivity contribution in [2.45, 2.75) is 57.9 Å². The van der Waals surface area contributed by atoms with E-state index in [-0.39, 0.29) is 17.4 Å². The number of hydrogen-bond acceptors (Lipinski definition) is 5. The van der Waals surface area contributed by atoms with E-state index < -0.39 is 0 Å². The monoisotopic (exact) mass is 282 g/mol. The molecule has 2 rings (SSSR count). The van der Waals surface area contributed by atoms with Crippen molar-refractivity contribution in [3.05, 3.63) is 5.01 Å². The van der Waals surface area contributed by atoms with Crippen molar-refractivity contribution in [1.82, 2.24) is 10.2 Å². The number of rotatable bonds is 3. The average molecular weight is 282 g/mol. The molecule has 0 bridgehead atoms. The van der Waals surface area contributed by atoms with Gasteiger partial charge in [0.2, 0.25) is 11.0 Å². The zero-order valence-electron chi connectivity index (χ0n) is 11.8. The fourth-order valence-electron chi connectivity index (χ4n) is 2.30. The molecule has 6 heteroatoms. The van der Waals surface area contributed by atoms with Crippen LogP contribution in [0.3, 0.4) is 0 Å². The molecule has 2 atom stereocenters. The first kappa shape index (κ1) is 14.4. The predicted molar refractivity (Wildman–Crippen MR) is 77.2 cm³/mol. The number of nitrogens with two attached hydrogens (primary N) is 1. The third-order valence-corrected chi connectivity index (χ3v) is 4.74. The number of hydrogen-bond donors (Lipinski definition) is 2. The van der Waals surface area contributed by atoms with Gasteiger partial charge in [-0.1, -0.05) is 38.5 Å². The lowest BCUT2D eigenvalue weighted by Crippen LogP contribution is -2.28. The molecule has 0 spiro atoms. The molecule has 1 aliphatic rings. The predicted octanol–water partition coefficient (Wildman–Crippen LogP) is 2.29. The SMILES string of the molecule is CC(C)(C)c1nnc(NC(=O)C[C@@H]2CCC[C@H]2N)s1. The number of aromatic nitrogens is 2. The number of carbonyl (C=O) groups is 1. The highest BCUT2D eigenvalue weighted by atomic mass is 32.1. The maximum absolute atomic E-state index is 11.9. The van der Waals surface area contributed by atoms with Gasteiger partial charge >= 0.3 is 0 Å². The molecule has 1 fully saturated rings. The van der Waals surface area contributed by atoms with Gasteiger partial charge in [-0.3, -0.25) is 4.79 Å². The molecule has 5 nitrogen and oxygen atoms in total. The zero-order valence-corrected chi connectivity index (χ0v) is 12.6. The van der Waals surface area contributed by atoms with E-state index in [1.54, 1.807) is 0 Å². The summed E-state index contributed by atoms with van der Waals surface area (Å²) in [5, 5.41) is 12.5. The lowest BCUT2D eigenvalue weighted by atomic mass is 9.98. The quantitative estimate of drug-likeness (QED) is 0.891. The smallest absolute Gasteiger partial charge is 0.226 e. The lowest BCUT2D eigenvalue weighted by Gasteiger charge is -2.14. The van der Waals surface area contributed by atoms with E-state index in [1.807, 2.05) is 0 Å². The van der Waals surface area contributed by atoms with Crippen molar-refractivity contribution in [3.8, 4) is 0 Å². The molecule has 1 amide bonds. The van der Waals surface area contributed by atoms with Gasteiger partial charge in [0.25, 0.3) is 0 Å². The normalized spacial score (nSPS) is 23.6. The van der Waals surface area contributed by atoms with E-state index in [2.05, 4.69) is 36.3 Å². The highest BCUT2D eigenvalue weighted by molar-refractivity contribution is 7.15. The van der Waals surface area contributed by atoms with E-state index in [0.717, 1.165) is 24.3 Å². The molecule has 1 aliphatic carbocycles. The van der Waals surface area contributed by atoms with Crippen molar-refractivity contribution in [2.24, 2.45) is 11.7 Å². The van der Waals surface area contributed by atoms with Gasteiger partial charge in [0.15, 0.2) is 0 Å². The molecule has 0 aliphatic heterocycles. The topological polar surface area (TPSA) is 80.9 Å². The van der Waals surface area contributed by atoms with Gasteiger partial charge in [-0.05, 0) is 18.8 Å².